The molecule has 2 aromatic heterocycles. The lowest BCUT2D eigenvalue weighted by atomic mass is 9.92. The fourth-order valence-electron chi connectivity index (χ4n) is 4.78. The molecule has 0 radical (unpaired) electrons. The fraction of sp³-hybridized carbons (Fsp3) is 0.304. The summed E-state index contributed by atoms with van der Waals surface area (Å²) in [6.45, 7) is 2.14. The number of hydroxylamine groups is 1. The maximum Gasteiger partial charge on any atom is 0.265 e. The molecule has 3 aliphatic rings. The summed E-state index contributed by atoms with van der Waals surface area (Å²) < 4.78 is 6.92. The SMILES string of the molecule is O=C1[C@H]2[C@H](ON[C@H]2c2c(N3CCOCC3)nc3ccccn3c2=O)C(=O)N1c1ccccc1. The van der Waals surface area contributed by atoms with E-state index in [1.807, 2.05) is 17.0 Å². The number of para-hydroxylation sites is 1. The standard InChI is InChI=1S/C23H21N5O5/c29-21-17(20(26-10-12-32-13-11-26)24-15-8-4-5-9-27(15)21)18-16-19(33-25-18)23(31)28(22(16)30)14-6-2-1-3-7-14/h1-9,16,18-19,25H,10-13H2/t16-,18-,19+/m1/s1. The van der Waals surface area contributed by atoms with E-state index in [0.717, 1.165) is 4.90 Å². The number of imide groups is 1. The average Bonchev–Trinajstić information content (AvgIpc) is 3.39. The topological polar surface area (TPSA) is 105 Å². The molecule has 3 saturated heterocycles. The van der Waals surface area contributed by atoms with Crippen LogP contribution in [0, 0.1) is 5.92 Å². The van der Waals surface area contributed by atoms with Gasteiger partial charge in [-0.05, 0) is 24.3 Å². The van der Waals surface area contributed by atoms with Crippen LogP contribution in [0.2, 0.25) is 0 Å². The number of anilines is 2. The Morgan fingerprint density at radius 2 is 1.70 bits per heavy atom. The maximum absolute atomic E-state index is 13.7. The van der Waals surface area contributed by atoms with Crippen molar-refractivity contribution in [3.05, 3.63) is 70.6 Å². The summed E-state index contributed by atoms with van der Waals surface area (Å²) in [7, 11) is 0. The van der Waals surface area contributed by atoms with Gasteiger partial charge in [-0.3, -0.25) is 23.6 Å². The molecule has 3 atom stereocenters. The second-order valence-corrected chi connectivity index (χ2v) is 8.19. The van der Waals surface area contributed by atoms with Gasteiger partial charge in [-0.2, -0.15) is 5.48 Å². The molecule has 33 heavy (non-hydrogen) atoms. The molecule has 0 bridgehead atoms. The minimum absolute atomic E-state index is 0.303. The molecule has 168 valence electrons. The number of pyridine rings is 1. The molecule has 3 aliphatic heterocycles. The first-order valence-corrected chi connectivity index (χ1v) is 10.8. The lowest BCUT2D eigenvalue weighted by Crippen LogP contribution is -2.42. The fourth-order valence-corrected chi connectivity index (χ4v) is 4.78. The number of benzene rings is 1. The zero-order valence-corrected chi connectivity index (χ0v) is 17.6. The summed E-state index contributed by atoms with van der Waals surface area (Å²) in [5.41, 5.74) is 3.80. The van der Waals surface area contributed by atoms with Crippen molar-refractivity contribution in [1.29, 1.82) is 0 Å². The number of nitrogens with zero attached hydrogens (tertiary/aromatic N) is 4. The van der Waals surface area contributed by atoms with Crippen molar-refractivity contribution < 1.29 is 19.2 Å². The van der Waals surface area contributed by atoms with E-state index in [1.165, 1.54) is 4.40 Å². The van der Waals surface area contributed by atoms with Gasteiger partial charge < -0.3 is 9.64 Å². The van der Waals surface area contributed by atoms with E-state index >= 15 is 0 Å². The Labute approximate surface area is 188 Å². The van der Waals surface area contributed by atoms with Gasteiger partial charge >= 0.3 is 0 Å². The summed E-state index contributed by atoms with van der Waals surface area (Å²) >= 11 is 0. The number of carbonyl (C=O) groups is 2. The highest BCUT2D eigenvalue weighted by atomic mass is 16.7. The van der Waals surface area contributed by atoms with Crippen LogP contribution < -0.4 is 20.8 Å². The Kier molecular flexibility index (Phi) is 4.72. The number of ether oxygens (including phenoxy) is 1. The van der Waals surface area contributed by atoms with Gasteiger partial charge in [0.25, 0.3) is 11.5 Å². The number of morpholine rings is 1. The molecule has 0 unspecified atom stereocenters. The van der Waals surface area contributed by atoms with E-state index in [1.54, 1.807) is 42.6 Å². The van der Waals surface area contributed by atoms with Crippen LogP contribution in [0.25, 0.3) is 5.65 Å². The molecule has 3 fully saturated rings. The van der Waals surface area contributed by atoms with Crippen LogP contribution in [-0.2, 0) is 19.2 Å². The van der Waals surface area contributed by atoms with Gasteiger partial charge in [-0.1, -0.05) is 24.3 Å². The first kappa shape index (κ1) is 20.0. The van der Waals surface area contributed by atoms with Crippen LogP contribution in [0.1, 0.15) is 11.6 Å². The first-order valence-electron chi connectivity index (χ1n) is 10.8. The number of rotatable bonds is 3. The molecule has 6 rings (SSSR count). The number of nitrogens with one attached hydrogen (secondary N) is 1. The second-order valence-electron chi connectivity index (χ2n) is 8.19. The quantitative estimate of drug-likeness (QED) is 0.584. The predicted molar refractivity (Wildman–Crippen MR) is 118 cm³/mol. The van der Waals surface area contributed by atoms with Crippen molar-refractivity contribution in [1.82, 2.24) is 14.9 Å². The third-order valence-electron chi connectivity index (χ3n) is 6.36. The highest BCUT2D eigenvalue weighted by molar-refractivity contribution is 6.23. The van der Waals surface area contributed by atoms with Gasteiger partial charge in [0.1, 0.15) is 11.5 Å². The monoisotopic (exact) mass is 447 g/mol. The molecule has 1 aromatic carbocycles. The number of hydrogen-bond donors (Lipinski definition) is 1. The smallest absolute Gasteiger partial charge is 0.265 e. The number of hydrogen-bond acceptors (Lipinski definition) is 8. The summed E-state index contributed by atoms with van der Waals surface area (Å²) in [5.74, 6) is -1.26. The number of carbonyl (C=O) groups excluding carboxylic acids is 2. The van der Waals surface area contributed by atoms with E-state index in [0.29, 0.717) is 49.0 Å². The van der Waals surface area contributed by atoms with E-state index in [2.05, 4.69) is 5.48 Å². The minimum Gasteiger partial charge on any atom is -0.378 e. The molecule has 10 heteroatoms. The van der Waals surface area contributed by atoms with Crippen molar-refractivity contribution in [2.45, 2.75) is 12.1 Å². The summed E-state index contributed by atoms with van der Waals surface area (Å²) in [6.07, 6.45) is 0.624. The largest absolute Gasteiger partial charge is 0.378 e. The zero-order chi connectivity index (χ0) is 22.5. The molecule has 5 heterocycles. The predicted octanol–water partition coefficient (Wildman–Crippen LogP) is 0.665. The van der Waals surface area contributed by atoms with Crippen LogP contribution in [0.15, 0.2) is 59.5 Å². The van der Waals surface area contributed by atoms with Crippen LogP contribution in [-0.4, -0.2) is 53.6 Å². The Hall–Kier alpha value is -3.60. The van der Waals surface area contributed by atoms with Crippen LogP contribution in [0.5, 0.6) is 0 Å². The second kappa shape index (κ2) is 7.77. The summed E-state index contributed by atoms with van der Waals surface area (Å²) in [4.78, 5) is 53.7. The highest BCUT2D eigenvalue weighted by Crippen LogP contribution is 2.41. The maximum atomic E-state index is 13.7. The third kappa shape index (κ3) is 3.06. The molecule has 0 saturated carbocycles. The minimum atomic E-state index is -1.02. The molecule has 0 spiro atoms. The number of fused-ring (bicyclic) bond motifs is 2. The normalized spacial score (nSPS) is 25.2. The van der Waals surface area contributed by atoms with E-state index in [-0.39, 0.29) is 5.56 Å². The Bertz CT molecular complexity index is 1300. The van der Waals surface area contributed by atoms with Gasteiger partial charge in [-0.15, -0.1) is 0 Å². The summed E-state index contributed by atoms with van der Waals surface area (Å²) in [5, 5.41) is 0. The van der Waals surface area contributed by atoms with Gasteiger partial charge in [0.2, 0.25) is 5.91 Å². The lowest BCUT2D eigenvalue weighted by Gasteiger charge is -2.31. The van der Waals surface area contributed by atoms with Gasteiger partial charge in [0.15, 0.2) is 6.10 Å². The number of amides is 2. The van der Waals surface area contributed by atoms with E-state index in [9.17, 15) is 14.4 Å². The van der Waals surface area contributed by atoms with E-state index in [4.69, 9.17) is 14.6 Å². The first-order chi connectivity index (χ1) is 16.1. The van der Waals surface area contributed by atoms with Crippen LogP contribution >= 0.6 is 0 Å². The van der Waals surface area contributed by atoms with E-state index < -0.39 is 29.9 Å². The van der Waals surface area contributed by atoms with Gasteiger partial charge in [-0.25, -0.2) is 9.88 Å². The van der Waals surface area contributed by atoms with Crippen LogP contribution in [0.4, 0.5) is 11.5 Å². The molecule has 0 aliphatic carbocycles. The van der Waals surface area contributed by atoms with Crippen molar-refractivity contribution in [3.63, 3.8) is 0 Å². The highest BCUT2D eigenvalue weighted by Gasteiger charge is 2.58. The van der Waals surface area contributed by atoms with Crippen molar-refractivity contribution >= 4 is 29.0 Å². The molecule has 2 amide bonds. The number of aromatic nitrogens is 2. The van der Waals surface area contributed by atoms with Gasteiger partial charge in [0.05, 0.1) is 36.4 Å². The molecular weight excluding hydrogens is 426 g/mol. The third-order valence-corrected chi connectivity index (χ3v) is 6.36. The lowest BCUT2D eigenvalue weighted by molar-refractivity contribution is -0.128. The van der Waals surface area contributed by atoms with Crippen molar-refractivity contribution in [3.8, 4) is 0 Å². The summed E-state index contributed by atoms with van der Waals surface area (Å²) in [6, 6.07) is 13.2. The zero-order valence-electron chi connectivity index (χ0n) is 17.6. The average molecular weight is 447 g/mol. The molecule has 1 N–H and O–H groups in total. The van der Waals surface area contributed by atoms with Crippen molar-refractivity contribution in [2.24, 2.45) is 5.92 Å². The Morgan fingerprint density at radius 3 is 2.48 bits per heavy atom. The Morgan fingerprint density at radius 1 is 0.939 bits per heavy atom. The molecule has 10 nitrogen and oxygen atoms in total. The van der Waals surface area contributed by atoms with Gasteiger partial charge in [0, 0.05) is 19.3 Å². The Balaban J connectivity index is 1.48. The van der Waals surface area contributed by atoms with Crippen LogP contribution in [0.3, 0.4) is 0 Å². The molecular formula is C23H21N5O5. The molecule has 3 aromatic rings. The van der Waals surface area contributed by atoms with Crippen molar-refractivity contribution in [2.75, 3.05) is 36.1 Å².